The van der Waals surface area contributed by atoms with E-state index in [0.717, 1.165) is 17.0 Å². The molecular formula is C29H28N2O4S. The smallest absolute Gasteiger partial charge is 0.254 e. The lowest BCUT2D eigenvalue weighted by Gasteiger charge is -2.37. The minimum atomic E-state index is -0.591. The summed E-state index contributed by atoms with van der Waals surface area (Å²) in [5, 5.41) is 8.48. The van der Waals surface area contributed by atoms with Crippen LogP contribution in [0, 0.1) is 0 Å². The zero-order valence-electron chi connectivity index (χ0n) is 20.5. The molecule has 6 nitrogen and oxygen atoms in total. The maximum atomic E-state index is 13.8. The third kappa shape index (κ3) is 4.31. The first kappa shape index (κ1) is 23.9. The lowest BCUT2D eigenvalue weighted by molar-refractivity contribution is -0.116. The third-order valence-electron chi connectivity index (χ3n) is 6.79. The molecule has 1 amide bonds. The fraction of sp³-hybridized carbons (Fsp3) is 0.241. The Bertz CT molecular complexity index is 1360. The standard InChI is InChI=1S/C29H28N2O4S/c1-17-25(29(33)31-19-9-5-4-6-10-19)26(20-11-7-12-23(34-2)28(20)35-3)27-21(30-17)15-18(16-22(27)32)24-13-8-14-36-24/h4-14,18,26,30H,15-16H2,1-3H3,(H,31,33)/t18-,26-/m1/s1. The second kappa shape index (κ2) is 10.0. The molecule has 0 radical (unpaired) electrons. The van der Waals surface area contributed by atoms with Crippen molar-refractivity contribution in [1.29, 1.82) is 0 Å². The summed E-state index contributed by atoms with van der Waals surface area (Å²) in [5.41, 5.74) is 4.12. The highest BCUT2D eigenvalue weighted by Crippen LogP contribution is 2.49. The van der Waals surface area contributed by atoms with Gasteiger partial charge < -0.3 is 20.1 Å². The van der Waals surface area contributed by atoms with Crippen molar-refractivity contribution in [3.05, 3.63) is 99.0 Å². The number of para-hydroxylation sites is 2. The predicted octanol–water partition coefficient (Wildman–Crippen LogP) is 5.77. The molecule has 7 heteroatoms. The first-order chi connectivity index (χ1) is 17.5. The van der Waals surface area contributed by atoms with Gasteiger partial charge in [-0.05, 0) is 43.0 Å². The quantitative estimate of drug-likeness (QED) is 0.450. The Morgan fingerprint density at radius 2 is 1.81 bits per heavy atom. The highest BCUT2D eigenvalue weighted by molar-refractivity contribution is 7.10. The summed E-state index contributed by atoms with van der Waals surface area (Å²) in [6.45, 7) is 1.89. The average molecular weight is 501 g/mol. The Hall–Kier alpha value is -3.84. The van der Waals surface area contributed by atoms with Gasteiger partial charge >= 0.3 is 0 Å². The number of amides is 1. The number of allylic oxidation sites excluding steroid dienone is 3. The van der Waals surface area contributed by atoms with E-state index in [1.807, 2.05) is 66.9 Å². The largest absolute Gasteiger partial charge is 0.493 e. The van der Waals surface area contributed by atoms with E-state index < -0.39 is 5.92 Å². The van der Waals surface area contributed by atoms with Crippen LogP contribution in [-0.2, 0) is 9.59 Å². The Labute approximate surface area is 214 Å². The fourth-order valence-corrected chi connectivity index (χ4v) is 6.07. The molecule has 0 bridgehead atoms. The van der Waals surface area contributed by atoms with Gasteiger partial charge in [0.15, 0.2) is 17.3 Å². The molecule has 1 aromatic heterocycles. The maximum Gasteiger partial charge on any atom is 0.254 e. The number of anilines is 1. The second-order valence-corrected chi connectivity index (χ2v) is 9.91. The molecule has 3 aromatic rings. The second-order valence-electron chi connectivity index (χ2n) is 8.94. The normalized spacial score (nSPS) is 19.5. The van der Waals surface area contributed by atoms with Crippen LogP contribution in [0.3, 0.4) is 0 Å². The third-order valence-corrected chi connectivity index (χ3v) is 7.83. The van der Waals surface area contributed by atoms with Crippen molar-refractivity contribution in [3.63, 3.8) is 0 Å². The van der Waals surface area contributed by atoms with Crippen LogP contribution < -0.4 is 20.1 Å². The van der Waals surface area contributed by atoms with Gasteiger partial charge in [0.2, 0.25) is 0 Å². The number of ether oxygens (including phenoxy) is 2. The molecule has 36 heavy (non-hydrogen) atoms. The monoisotopic (exact) mass is 500 g/mol. The summed E-state index contributed by atoms with van der Waals surface area (Å²) in [7, 11) is 3.16. The lowest BCUT2D eigenvalue weighted by atomic mass is 9.72. The molecule has 2 heterocycles. The molecule has 0 fully saturated rings. The molecule has 1 aliphatic heterocycles. The van der Waals surface area contributed by atoms with Crippen LogP contribution in [-0.4, -0.2) is 25.9 Å². The Balaban J connectivity index is 1.64. The minimum Gasteiger partial charge on any atom is -0.493 e. The van der Waals surface area contributed by atoms with Gasteiger partial charge in [0.25, 0.3) is 5.91 Å². The van der Waals surface area contributed by atoms with Crippen LogP contribution in [0.5, 0.6) is 11.5 Å². The zero-order chi connectivity index (χ0) is 25.2. The number of hydrogen-bond acceptors (Lipinski definition) is 6. The minimum absolute atomic E-state index is 0.0366. The summed E-state index contributed by atoms with van der Waals surface area (Å²) >= 11 is 1.67. The van der Waals surface area contributed by atoms with Gasteiger partial charge in [0.1, 0.15) is 0 Å². The van der Waals surface area contributed by atoms with E-state index in [-0.39, 0.29) is 17.6 Å². The molecule has 0 spiro atoms. The summed E-state index contributed by atoms with van der Waals surface area (Å²) in [6.07, 6.45) is 1.10. The van der Waals surface area contributed by atoms with Gasteiger partial charge in [-0.2, -0.15) is 0 Å². The Morgan fingerprint density at radius 1 is 1.00 bits per heavy atom. The van der Waals surface area contributed by atoms with Gasteiger partial charge in [0, 0.05) is 51.0 Å². The topological polar surface area (TPSA) is 76.7 Å². The first-order valence-electron chi connectivity index (χ1n) is 11.9. The van der Waals surface area contributed by atoms with Gasteiger partial charge in [-0.3, -0.25) is 9.59 Å². The van der Waals surface area contributed by atoms with Gasteiger partial charge in [-0.1, -0.05) is 36.4 Å². The molecule has 0 unspecified atom stereocenters. The van der Waals surface area contributed by atoms with Crippen molar-refractivity contribution < 1.29 is 19.1 Å². The highest BCUT2D eigenvalue weighted by atomic mass is 32.1. The van der Waals surface area contributed by atoms with E-state index in [0.29, 0.717) is 41.2 Å². The molecule has 2 N–H and O–H groups in total. The molecule has 0 saturated heterocycles. The Kier molecular flexibility index (Phi) is 6.65. The Morgan fingerprint density at radius 3 is 2.50 bits per heavy atom. The number of Topliss-reactive ketones (excluding diaryl/α,β-unsaturated/α-hetero) is 1. The number of thiophene rings is 1. The number of ketones is 1. The van der Waals surface area contributed by atoms with Crippen LogP contribution in [0.2, 0.25) is 0 Å². The number of dihydropyridines is 1. The maximum absolute atomic E-state index is 13.8. The molecule has 2 aromatic carbocycles. The number of hydrogen-bond donors (Lipinski definition) is 2. The first-order valence-corrected chi connectivity index (χ1v) is 12.7. The SMILES string of the molecule is COc1cccc([C@@H]2C(C(=O)Nc3ccccc3)=C(C)NC3=C2C(=O)C[C@H](c2cccs2)C3)c1OC. The lowest BCUT2D eigenvalue weighted by Crippen LogP contribution is -2.37. The number of benzene rings is 2. The molecule has 5 rings (SSSR count). The molecule has 2 aliphatic rings. The van der Waals surface area contributed by atoms with Crippen molar-refractivity contribution in [2.45, 2.75) is 31.6 Å². The van der Waals surface area contributed by atoms with Crippen molar-refractivity contribution >= 4 is 28.7 Å². The number of carbonyl (C=O) groups is 2. The van der Waals surface area contributed by atoms with Crippen LogP contribution in [0.25, 0.3) is 0 Å². The summed E-state index contributed by atoms with van der Waals surface area (Å²) in [5.74, 6) is 0.367. The van der Waals surface area contributed by atoms with Crippen molar-refractivity contribution in [1.82, 2.24) is 5.32 Å². The summed E-state index contributed by atoms with van der Waals surface area (Å²) in [6, 6.07) is 19.0. The van der Waals surface area contributed by atoms with Gasteiger partial charge in [-0.25, -0.2) is 0 Å². The number of rotatable bonds is 6. The van der Waals surface area contributed by atoms with E-state index in [2.05, 4.69) is 16.7 Å². The molecule has 1 aliphatic carbocycles. The predicted molar refractivity (Wildman–Crippen MR) is 142 cm³/mol. The molecule has 0 saturated carbocycles. The van der Waals surface area contributed by atoms with Crippen LogP contribution >= 0.6 is 11.3 Å². The van der Waals surface area contributed by atoms with Crippen molar-refractivity contribution in [2.24, 2.45) is 0 Å². The molecular weight excluding hydrogens is 472 g/mol. The number of carbonyl (C=O) groups excluding carboxylic acids is 2. The van der Waals surface area contributed by atoms with Crippen LogP contribution in [0.1, 0.15) is 42.0 Å². The highest BCUT2D eigenvalue weighted by Gasteiger charge is 2.42. The summed E-state index contributed by atoms with van der Waals surface area (Å²) < 4.78 is 11.3. The molecule has 184 valence electrons. The average Bonchev–Trinajstić information content (AvgIpc) is 3.43. The van der Waals surface area contributed by atoms with E-state index in [4.69, 9.17) is 9.47 Å². The zero-order valence-corrected chi connectivity index (χ0v) is 21.3. The van der Waals surface area contributed by atoms with Crippen molar-refractivity contribution in [3.8, 4) is 11.5 Å². The summed E-state index contributed by atoms with van der Waals surface area (Å²) in [4.78, 5) is 28.7. The molecule has 2 atom stereocenters. The van der Waals surface area contributed by atoms with E-state index in [1.54, 1.807) is 25.6 Å². The van der Waals surface area contributed by atoms with Crippen LogP contribution in [0.4, 0.5) is 5.69 Å². The van der Waals surface area contributed by atoms with Gasteiger partial charge in [0.05, 0.1) is 20.1 Å². The number of nitrogens with one attached hydrogen (secondary N) is 2. The number of methoxy groups -OCH3 is 2. The van der Waals surface area contributed by atoms with E-state index in [9.17, 15) is 9.59 Å². The van der Waals surface area contributed by atoms with E-state index in [1.165, 1.54) is 4.88 Å². The van der Waals surface area contributed by atoms with Crippen LogP contribution in [0.15, 0.2) is 88.6 Å². The fourth-order valence-electron chi connectivity index (χ4n) is 5.24. The van der Waals surface area contributed by atoms with Gasteiger partial charge in [-0.15, -0.1) is 11.3 Å². The van der Waals surface area contributed by atoms with E-state index >= 15 is 0 Å². The van der Waals surface area contributed by atoms with Crippen molar-refractivity contribution in [2.75, 3.05) is 19.5 Å².